The average molecular weight is 338 g/mol. The topological polar surface area (TPSA) is 63.4 Å². The first kappa shape index (κ1) is 15.9. The van der Waals surface area contributed by atoms with Crippen LogP contribution in [0.5, 0.6) is 0 Å². The molecule has 1 saturated heterocycles. The second-order valence-electron chi connectivity index (χ2n) is 6.53. The number of nitrogens with one attached hydrogen (secondary N) is 1. The summed E-state index contributed by atoms with van der Waals surface area (Å²) in [7, 11) is 0. The minimum atomic E-state index is 0.228. The van der Waals surface area contributed by atoms with Crippen molar-refractivity contribution in [3.8, 4) is 0 Å². The highest BCUT2D eigenvalue weighted by Gasteiger charge is 2.22. The molecule has 0 aliphatic carbocycles. The Morgan fingerprint density at radius 3 is 2.64 bits per heavy atom. The SMILES string of the molecule is C[C@H]1CN(c2ccc(CNc3nc4ccccc4o3)cn2)C[C@H](C)O1. The zero-order chi connectivity index (χ0) is 17.2. The molecule has 1 aliphatic heterocycles. The second-order valence-corrected chi connectivity index (χ2v) is 6.53. The van der Waals surface area contributed by atoms with Crippen molar-refractivity contribution >= 4 is 22.9 Å². The first-order chi connectivity index (χ1) is 12.2. The van der Waals surface area contributed by atoms with Gasteiger partial charge in [-0.2, -0.15) is 4.98 Å². The summed E-state index contributed by atoms with van der Waals surface area (Å²) in [5.41, 5.74) is 2.73. The van der Waals surface area contributed by atoms with Gasteiger partial charge in [-0.05, 0) is 37.6 Å². The molecule has 2 aromatic heterocycles. The molecule has 3 aromatic rings. The lowest BCUT2D eigenvalue weighted by atomic mass is 10.2. The molecule has 6 nitrogen and oxygen atoms in total. The number of benzene rings is 1. The Kier molecular flexibility index (Phi) is 4.28. The van der Waals surface area contributed by atoms with E-state index in [2.05, 4.69) is 46.2 Å². The van der Waals surface area contributed by atoms with E-state index in [0.717, 1.165) is 35.6 Å². The Bertz CT molecular complexity index is 803. The van der Waals surface area contributed by atoms with Crippen molar-refractivity contribution in [2.75, 3.05) is 23.3 Å². The molecule has 4 rings (SSSR count). The summed E-state index contributed by atoms with van der Waals surface area (Å²) in [4.78, 5) is 11.3. The fourth-order valence-electron chi connectivity index (χ4n) is 3.20. The van der Waals surface area contributed by atoms with Crippen LogP contribution in [0.15, 0.2) is 47.0 Å². The summed E-state index contributed by atoms with van der Waals surface area (Å²) in [5, 5.41) is 3.21. The molecule has 0 radical (unpaired) electrons. The molecule has 0 unspecified atom stereocenters. The molecule has 6 heteroatoms. The number of anilines is 2. The molecule has 3 heterocycles. The number of pyridine rings is 1. The Morgan fingerprint density at radius 2 is 1.92 bits per heavy atom. The van der Waals surface area contributed by atoms with Gasteiger partial charge in [0, 0.05) is 25.8 Å². The Hall–Kier alpha value is -2.60. The van der Waals surface area contributed by atoms with E-state index in [1.165, 1.54) is 0 Å². The molecule has 1 fully saturated rings. The van der Waals surface area contributed by atoms with Crippen molar-refractivity contribution in [3.63, 3.8) is 0 Å². The highest BCUT2D eigenvalue weighted by molar-refractivity contribution is 5.74. The molecule has 25 heavy (non-hydrogen) atoms. The van der Waals surface area contributed by atoms with E-state index < -0.39 is 0 Å². The van der Waals surface area contributed by atoms with Crippen molar-refractivity contribution in [2.24, 2.45) is 0 Å². The summed E-state index contributed by atoms with van der Waals surface area (Å²) in [6.07, 6.45) is 2.35. The van der Waals surface area contributed by atoms with E-state index in [0.29, 0.717) is 12.6 Å². The number of aromatic nitrogens is 2. The van der Waals surface area contributed by atoms with E-state index in [4.69, 9.17) is 9.15 Å². The van der Waals surface area contributed by atoms with E-state index in [9.17, 15) is 0 Å². The Balaban J connectivity index is 1.40. The monoisotopic (exact) mass is 338 g/mol. The van der Waals surface area contributed by atoms with E-state index >= 15 is 0 Å². The maximum atomic E-state index is 5.78. The molecule has 2 atom stereocenters. The van der Waals surface area contributed by atoms with Crippen LogP contribution in [0.3, 0.4) is 0 Å². The first-order valence-corrected chi connectivity index (χ1v) is 8.62. The Labute approximate surface area is 146 Å². The van der Waals surface area contributed by atoms with Gasteiger partial charge in [0.05, 0.1) is 12.2 Å². The third-order valence-corrected chi connectivity index (χ3v) is 4.29. The highest BCUT2D eigenvalue weighted by Crippen LogP contribution is 2.20. The highest BCUT2D eigenvalue weighted by atomic mass is 16.5. The average Bonchev–Trinajstić information content (AvgIpc) is 3.02. The quantitative estimate of drug-likeness (QED) is 0.786. The predicted octanol–water partition coefficient (Wildman–Crippen LogP) is 3.45. The number of morpholine rings is 1. The molecule has 130 valence electrons. The van der Waals surface area contributed by atoms with Crippen LogP contribution < -0.4 is 10.2 Å². The zero-order valence-corrected chi connectivity index (χ0v) is 14.5. The van der Waals surface area contributed by atoms with Crippen LogP contribution in [0.4, 0.5) is 11.8 Å². The number of oxazole rings is 1. The van der Waals surface area contributed by atoms with Gasteiger partial charge in [0.15, 0.2) is 5.58 Å². The molecule has 0 saturated carbocycles. The van der Waals surface area contributed by atoms with Gasteiger partial charge < -0.3 is 19.4 Å². The standard InChI is InChI=1S/C19H22N4O2/c1-13-11-23(12-14(2)24-13)18-8-7-15(9-20-18)10-21-19-22-16-5-3-4-6-17(16)25-19/h3-9,13-14H,10-12H2,1-2H3,(H,21,22)/t13-,14-/m0/s1. The van der Waals surface area contributed by atoms with Crippen LogP contribution in [0.2, 0.25) is 0 Å². The number of hydrogen-bond acceptors (Lipinski definition) is 6. The fraction of sp³-hybridized carbons (Fsp3) is 0.368. The van der Waals surface area contributed by atoms with Crippen LogP contribution in [0.1, 0.15) is 19.4 Å². The summed E-state index contributed by atoms with van der Waals surface area (Å²) >= 11 is 0. The maximum Gasteiger partial charge on any atom is 0.295 e. The van der Waals surface area contributed by atoms with Gasteiger partial charge in [-0.15, -0.1) is 0 Å². The zero-order valence-electron chi connectivity index (χ0n) is 14.5. The van der Waals surface area contributed by atoms with Gasteiger partial charge in [-0.1, -0.05) is 18.2 Å². The molecule has 1 aliphatic rings. The van der Waals surface area contributed by atoms with Crippen molar-refractivity contribution in [1.29, 1.82) is 0 Å². The normalized spacial score (nSPS) is 20.8. The maximum absolute atomic E-state index is 5.78. The molecular weight excluding hydrogens is 316 g/mol. The minimum absolute atomic E-state index is 0.228. The number of para-hydroxylation sites is 2. The molecule has 0 amide bonds. The van der Waals surface area contributed by atoms with Gasteiger partial charge in [0.1, 0.15) is 11.3 Å². The third kappa shape index (κ3) is 3.58. The molecular formula is C19H22N4O2. The summed E-state index contributed by atoms with van der Waals surface area (Å²) in [6.45, 7) is 6.56. The summed E-state index contributed by atoms with van der Waals surface area (Å²) in [6, 6.07) is 12.4. The van der Waals surface area contributed by atoms with E-state index in [1.54, 1.807) is 0 Å². The van der Waals surface area contributed by atoms with Crippen LogP contribution in [0, 0.1) is 0 Å². The van der Waals surface area contributed by atoms with Crippen molar-refractivity contribution in [1.82, 2.24) is 9.97 Å². The number of rotatable bonds is 4. The Morgan fingerprint density at radius 1 is 1.12 bits per heavy atom. The summed E-state index contributed by atoms with van der Waals surface area (Å²) < 4.78 is 11.4. The van der Waals surface area contributed by atoms with Crippen molar-refractivity contribution in [2.45, 2.75) is 32.6 Å². The van der Waals surface area contributed by atoms with Crippen LogP contribution in [0.25, 0.3) is 11.1 Å². The first-order valence-electron chi connectivity index (χ1n) is 8.62. The predicted molar refractivity (Wildman–Crippen MR) is 97.8 cm³/mol. The number of ether oxygens (including phenoxy) is 1. The largest absolute Gasteiger partial charge is 0.424 e. The summed E-state index contributed by atoms with van der Waals surface area (Å²) in [5.74, 6) is 0.993. The number of fused-ring (bicyclic) bond motifs is 1. The fourth-order valence-corrected chi connectivity index (χ4v) is 3.20. The van der Waals surface area contributed by atoms with Gasteiger partial charge in [-0.3, -0.25) is 0 Å². The minimum Gasteiger partial charge on any atom is -0.424 e. The molecule has 1 aromatic carbocycles. The van der Waals surface area contributed by atoms with Crippen LogP contribution in [-0.4, -0.2) is 35.3 Å². The molecule has 0 bridgehead atoms. The lowest BCUT2D eigenvalue weighted by molar-refractivity contribution is -0.00545. The van der Waals surface area contributed by atoms with Crippen LogP contribution >= 0.6 is 0 Å². The van der Waals surface area contributed by atoms with Gasteiger partial charge in [-0.25, -0.2) is 4.98 Å². The molecule has 0 spiro atoms. The van der Waals surface area contributed by atoms with Gasteiger partial charge in [0.2, 0.25) is 0 Å². The van der Waals surface area contributed by atoms with E-state index in [-0.39, 0.29) is 12.2 Å². The van der Waals surface area contributed by atoms with Gasteiger partial charge >= 0.3 is 0 Å². The van der Waals surface area contributed by atoms with Crippen molar-refractivity contribution < 1.29 is 9.15 Å². The molecule has 1 N–H and O–H groups in total. The number of hydrogen-bond donors (Lipinski definition) is 1. The number of nitrogens with zero attached hydrogens (tertiary/aromatic N) is 3. The lowest BCUT2D eigenvalue weighted by Gasteiger charge is -2.36. The van der Waals surface area contributed by atoms with Crippen LogP contribution in [-0.2, 0) is 11.3 Å². The van der Waals surface area contributed by atoms with E-state index in [1.807, 2.05) is 30.5 Å². The lowest BCUT2D eigenvalue weighted by Crippen LogP contribution is -2.45. The third-order valence-electron chi connectivity index (χ3n) is 4.29. The van der Waals surface area contributed by atoms with Gasteiger partial charge in [0.25, 0.3) is 6.01 Å². The smallest absolute Gasteiger partial charge is 0.295 e. The second kappa shape index (κ2) is 6.72. The van der Waals surface area contributed by atoms with Crippen molar-refractivity contribution in [3.05, 3.63) is 48.2 Å².